The predicted octanol–water partition coefficient (Wildman–Crippen LogP) is 4.05. The van der Waals surface area contributed by atoms with Crippen molar-refractivity contribution in [3.63, 3.8) is 0 Å². The second-order valence-corrected chi connectivity index (χ2v) is 9.96. The smallest absolute Gasteiger partial charge is 0.243 e. The van der Waals surface area contributed by atoms with Crippen molar-refractivity contribution in [1.82, 2.24) is 25.5 Å². The lowest BCUT2D eigenvalue weighted by Gasteiger charge is -2.34. The van der Waals surface area contributed by atoms with E-state index in [4.69, 9.17) is 0 Å². The van der Waals surface area contributed by atoms with Crippen molar-refractivity contribution >= 4 is 17.7 Å². The Morgan fingerprint density at radius 1 is 1.10 bits per heavy atom. The third-order valence-corrected chi connectivity index (χ3v) is 6.95. The Hall–Kier alpha value is -4.08. The van der Waals surface area contributed by atoms with Crippen LogP contribution in [0.2, 0.25) is 0 Å². The molecule has 1 fully saturated rings. The summed E-state index contributed by atoms with van der Waals surface area (Å²) in [5.74, 6) is -2.19. The SMILES string of the molecule is CC1CCCCN1C(=O)CC(NC(=O)Cc1ccccc1)C(=O)N[C@@H](C)c1ncc(-c2ccc(F)cc2F)[nH]1. The molecule has 0 bridgehead atoms. The van der Waals surface area contributed by atoms with Crippen LogP contribution in [0.25, 0.3) is 11.3 Å². The van der Waals surface area contributed by atoms with E-state index < -0.39 is 29.6 Å². The number of nitrogens with zero attached hydrogens (tertiary/aromatic N) is 2. The fraction of sp³-hybridized carbons (Fsp3) is 0.379. The van der Waals surface area contributed by atoms with Crippen LogP contribution in [0.4, 0.5) is 8.78 Å². The van der Waals surface area contributed by atoms with Crippen LogP contribution in [0.1, 0.15) is 57.0 Å². The summed E-state index contributed by atoms with van der Waals surface area (Å²) in [7, 11) is 0. The normalized spacial score (nSPS) is 16.8. The van der Waals surface area contributed by atoms with E-state index in [0.29, 0.717) is 18.1 Å². The van der Waals surface area contributed by atoms with Crippen LogP contribution in [0, 0.1) is 11.6 Å². The molecule has 0 spiro atoms. The van der Waals surface area contributed by atoms with Gasteiger partial charge in [-0.1, -0.05) is 30.3 Å². The molecule has 1 aliphatic rings. The van der Waals surface area contributed by atoms with Gasteiger partial charge in [-0.2, -0.15) is 0 Å². The highest BCUT2D eigenvalue weighted by Gasteiger charge is 2.30. The van der Waals surface area contributed by atoms with Crippen LogP contribution in [-0.4, -0.2) is 51.2 Å². The van der Waals surface area contributed by atoms with Crippen LogP contribution >= 0.6 is 0 Å². The predicted molar refractivity (Wildman–Crippen MR) is 142 cm³/mol. The summed E-state index contributed by atoms with van der Waals surface area (Å²) >= 11 is 0. The Morgan fingerprint density at radius 3 is 2.59 bits per heavy atom. The number of likely N-dealkylation sites (tertiary alicyclic amines) is 1. The number of H-pyrrole nitrogens is 1. The van der Waals surface area contributed by atoms with E-state index in [9.17, 15) is 23.2 Å². The van der Waals surface area contributed by atoms with E-state index in [2.05, 4.69) is 20.6 Å². The summed E-state index contributed by atoms with van der Waals surface area (Å²) in [4.78, 5) is 48.3. The zero-order chi connectivity index (χ0) is 27.9. The molecule has 3 aromatic rings. The van der Waals surface area contributed by atoms with Crippen LogP contribution < -0.4 is 10.6 Å². The largest absolute Gasteiger partial charge is 0.345 e. The van der Waals surface area contributed by atoms with Crippen molar-refractivity contribution in [2.45, 2.75) is 64.1 Å². The van der Waals surface area contributed by atoms with Gasteiger partial charge in [-0.15, -0.1) is 0 Å². The first-order chi connectivity index (χ1) is 18.7. The first-order valence-corrected chi connectivity index (χ1v) is 13.1. The summed E-state index contributed by atoms with van der Waals surface area (Å²) in [6, 6.07) is 10.7. The molecule has 1 saturated heterocycles. The van der Waals surface area contributed by atoms with Crippen molar-refractivity contribution in [3.05, 3.63) is 77.8 Å². The van der Waals surface area contributed by atoms with Crippen molar-refractivity contribution in [2.75, 3.05) is 6.54 Å². The van der Waals surface area contributed by atoms with E-state index >= 15 is 0 Å². The van der Waals surface area contributed by atoms with Crippen LogP contribution in [0.5, 0.6) is 0 Å². The lowest BCUT2D eigenvalue weighted by molar-refractivity contribution is -0.138. The van der Waals surface area contributed by atoms with Gasteiger partial charge in [-0.3, -0.25) is 14.4 Å². The minimum Gasteiger partial charge on any atom is -0.345 e. The number of benzene rings is 2. The number of hydrogen-bond acceptors (Lipinski definition) is 4. The summed E-state index contributed by atoms with van der Waals surface area (Å²) in [6.45, 7) is 4.29. The van der Waals surface area contributed by atoms with Gasteiger partial charge in [-0.05, 0) is 50.8 Å². The number of aromatic nitrogens is 2. The lowest BCUT2D eigenvalue weighted by atomic mass is 10.0. The van der Waals surface area contributed by atoms with Crippen LogP contribution in [-0.2, 0) is 20.8 Å². The van der Waals surface area contributed by atoms with Gasteiger partial charge < -0.3 is 20.5 Å². The van der Waals surface area contributed by atoms with Gasteiger partial charge in [0.25, 0.3) is 0 Å². The molecule has 4 rings (SSSR count). The number of halogens is 2. The number of hydrogen-bond donors (Lipinski definition) is 3. The summed E-state index contributed by atoms with van der Waals surface area (Å²) in [6.07, 6.45) is 4.14. The molecule has 1 aliphatic heterocycles. The molecule has 3 atom stereocenters. The first kappa shape index (κ1) is 27.9. The molecule has 8 nitrogen and oxygen atoms in total. The van der Waals surface area contributed by atoms with E-state index in [0.717, 1.165) is 37.0 Å². The fourth-order valence-corrected chi connectivity index (χ4v) is 4.78. The Morgan fingerprint density at radius 2 is 1.87 bits per heavy atom. The lowest BCUT2D eigenvalue weighted by Crippen LogP contribution is -2.52. The number of carbonyl (C=O) groups excluding carboxylic acids is 3. The molecule has 3 amide bonds. The van der Waals surface area contributed by atoms with Crippen molar-refractivity contribution in [3.8, 4) is 11.3 Å². The first-order valence-electron chi connectivity index (χ1n) is 13.1. The summed E-state index contributed by atoms with van der Waals surface area (Å²) in [5, 5.41) is 5.54. The minimum atomic E-state index is -1.09. The van der Waals surface area contributed by atoms with Crippen molar-refractivity contribution in [1.29, 1.82) is 0 Å². The molecule has 10 heteroatoms. The Kier molecular flexibility index (Phi) is 9.06. The Labute approximate surface area is 226 Å². The molecular formula is C29H33F2N5O3. The van der Waals surface area contributed by atoms with Gasteiger partial charge in [0.2, 0.25) is 17.7 Å². The van der Waals surface area contributed by atoms with E-state index in [1.807, 2.05) is 37.3 Å². The molecule has 2 unspecified atom stereocenters. The summed E-state index contributed by atoms with van der Waals surface area (Å²) in [5.41, 5.74) is 1.25. The Balaban J connectivity index is 1.46. The van der Waals surface area contributed by atoms with E-state index in [1.165, 1.54) is 12.3 Å². The average molecular weight is 538 g/mol. The maximum Gasteiger partial charge on any atom is 0.243 e. The third-order valence-electron chi connectivity index (χ3n) is 6.95. The van der Waals surface area contributed by atoms with Gasteiger partial charge in [-0.25, -0.2) is 13.8 Å². The second kappa shape index (κ2) is 12.6. The van der Waals surface area contributed by atoms with Gasteiger partial charge >= 0.3 is 0 Å². The highest BCUT2D eigenvalue weighted by molar-refractivity contribution is 5.92. The number of amides is 3. The zero-order valence-electron chi connectivity index (χ0n) is 22.0. The highest BCUT2D eigenvalue weighted by Crippen LogP contribution is 2.23. The maximum absolute atomic E-state index is 14.2. The van der Waals surface area contributed by atoms with Gasteiger partial charge in [0.1, 0.15) is 23.5 Å². The standard InChI is InChI=1S/C29H33F2N5O3/c1-18-8-6-7-13-36(18)27(38)16-24(34-26(37)14-20-9-4-3-5-10-20)29(39)33-19(2)28-32-17-25(35-28)22-12-11-21(30)15-23(22)31/h3-5,9-12,15,17-19,24H,6-8,13-14,16H2,1-2H3,(H,32,35)(H,33,39)(H,34,37)/t18?,19-,24?/m0/s1. The van der Waals surface area contributed by atoms with Crippen LogP contribution in [0.15, 0.2) is 54.7 Å². The number of piperidine rings is 1. The van der Waals surface area contributed by atoms with Gasteiger partial charge in [0, 0.05) is 24.2 Å². The summed E-state index contributed by atoms with van der Waals surface area (Å²) < 4.78 is 27.5. The fourth-order valence-electron chi connectivity index (χ4n) is 4.78. The highest BCUT2D eigenvalue weighted by atomic mass is 19.1. The number of aromatic amines is 1. The third kappa shape index (κ3) is 7.28. The number of rotatable bonds is 9. The zero-order valence-corrected chi connectivity index (χ0v) is 22.0. The van der Waals surface area contributed by atoms with E-state index in [-0.39, 0.29) is 36.3 Å². The Bertz CT molecular complexity index is 1310. The molecule has 1 aromatic heterocycles. The topological polar surface area (TPSA) is 107 Å². The molecule has 0 radical (unpaired) electrons. The molecule has 2 heterocycles. The molecule has 3 N–H and O–H groups in total. The van der Waals surface area contributed by atoms with Crippen molar-refractivity contribution in [2.24, 2.45) is 0 Å². The monoisotopic (exact) mass is 537 g/mol. The molecule has 206 valence electrons. The van der Waals surface area contributed by atoms with Crippen LogP contribution in [0.3, 0.4) is 0 Å². The molecule has 2 aromatic carbocycles. The maximum atomic E-state index is 14.2. The second-order valence-electron chi connectivity index (χ2n) is 9.96. The quantitative estimate of drug-likeness (QED) is 0.383. The molecule has 39 heavy (non-hydrogen) atoms. The number of carbonyl (C=O) groups is 3. The average Bonchev–Trinajstić information content (AvgIpc) is 3.39. The van der Waals surface area contributed by atoms with Gasteiger partial charge in [0.05, 0.1) is 30.8 Å². The molecule has 0 aliphatic carbocycles. The minimum absolute atomic E-state index is 0.0687. The number of nitrogens with one attached hydrogen (secondary N) is 3. The molecule has 0 saturated carbocycles. The van der Waals surface area contributed by atoms with Gasteiger partial charge in [0.15, 0.2) is 0 Å². The van der Waals surface area contributed by atoms with E-state index in [1.54, 1.807) is 11.8 Å². The molecular weight excluding hydrogens is 504 g/mol. The van der Waals surface area contributed by atoms with Crippen molar-refractivity contribution < 1.29 is 23.2 Å². The number of imidazole rings is 1.